The molecule has 0 radical (unpaired) electrons. The summed E-state index contributed by atoms with van der Waals surface area (Å²) in [6.07, 6.45) is 4.20. The standard InChI is InChI=1S/C22H23N3O2S/c1-5-11-24-21(27)19(20(26)23-22(24)28)13-17-12-14(3)25(15(17)4)18-9-7-16(6-2)8-10-18/h5,7-10,12-13H,1,6,11H2,2-4H3,(H,23,26,28)/b19-13+. The van der Waals surface area contributed by atoms with Crippen LogP contribution in [0.5, 0.6) is 0 Å². The first-order chi connectivity index (χ1) is 13.4. The minimum absolute atomic E-state index is 0.0667. The Kier molecular flexibility index (Phi) is 5.61. The maximum absolute atomic E-state index is 12.7. The first-order valence-corrected chi connectivity index (χ1v) is 9.56. The fourth-order valence-corrected chi connectivity index (χ4v) is 3.61. The second-order valence-corrected chi connectivity index (χ2v) is 7.09. The Labute approximate surface area is 170 Å². The summed E-state index contributed by atoms with van der Waals surface area (Å²) in [5.74, 6) is -0.891. The number of hydrogen-bond acceptors (Lipinski definition) is 3. The van der Waals surface area contributed by atoms with E-state index in [1.54, 1.807) is 12.2 Å². The van der Waals surface area contributed by atoms with Gasteiger partial charge in [0.25, 0.3) is 11.8 Å². The van der Waals surface area contributed by atoms with Crippen LogP contribution in [0.15, 0.2) is 48.6 Å². The molecule has 0 unspecified atom stereocenters. The number of benzene rings is 1. The number of aryl methyl sites for hydroxylation is 2. The summed E-state index contributed by atoms with van der Waals surface area (Å²) < 4.78 is 2.11. The van der Waals surface area contributed by atoms with E-state index in [0.29, 0.717) is 0 Å². The minimum Gasteiger partial charge on any atom is -0.318 e. The Morgan fingerprint density at radius 1 is 1.18 bits per heavy atom. The maximum atomic E-state index is 12.7. The maximum Gasteiger partial charge on any atom is 0.265 e. The molecule has 144 valence electrons. The lowest BCUT2D eigenvalue weighted by Gasteiger charge is -2.27. The number of nitrogens with zero attached hydrogens (tertiary/aromatic N) is 2. The summed E-state index contributed by atoms with van der Waals surface area (Å²) in [7, 11) is 0. The van der Waals surface area contributed by atoms with Crippen LogP contribution in [0.25, 0.3) is 11.8 Å². The van der Waals surface area contributed by atoms with Crippen LogP contribution in [0.1, 0.15) is 29.4 Å². The van der Waals surface area contributed by atoms with Crippen molar-refractivity contribution in [2.75, 3.05) is 6.54 Å². The van der Waals surface area contributed by atoms with Gasteiger partial charge in [-0.1, -0.05) is 25.1 Å². The van der Waals surface area contributed by atoms with Crippen LogP contribution in [0, 0.1) is 13.8 Å². The van der Waals surface area contributed by atoms with Gasteiger partial charge in [0.05, 0.1) is 0 Å². The minimum atomic E-state index is -0.479. The van der Waals surface area contributed by atoms with Gasteiger partial charge < -0.3 is 4.57 Å². The molecule has 0 atom stereocenters. The molecule has 1 aliphatic rings. The summed E-state index contributed by atoms with van der Waals surface area (Å²) in [5.41, 5.74) is 5.19. The van der Waals surface area contributed by atoms with Crippen molar-refractivity contribution in [3.05, 3.63) is 71.1 Å². The predicted octanol–water partition coefficient (Wildman–Crippen LogP) is 3.47. The van der Waals surface area contributed by atoms with Crippen LogP contribution in [0.2, 0.25) is 0 Å². The number of nitrogens with one attached hydrogen (secondary N) is 1. The summed E-state index contributed by atoms with van der Waals surface area (Å²) in [6, 6.07) is 10.4. The van der Waals surface area contributed by atoms with Crippen molar-refractivity contribution >= 4 is 35.2 Å². The topological polar surface area (TPSA) is 54.3 Å². The molecule has 2 aromatic rings. The number of amides is 2. The largest absolute Gasteiger partial charge is 0.318 e. The molecule has 1 aromatic heterocycles. The molecule has 2 amide bonds. The van der Waals surface area contributed by atoms with Gasteiger partial charge in [-0.15, -0.1) is 6.58 Å². The van der Waals surface area contributed by atoms with Crippen molar-refractivity contribution < 1.29 is 9.59 Å². The van der Waals surface area contributed by atoms with Crippen LogP contribution in [-0.2, 0) is 16.0 Å². The van der Waals surface area contributed by atoms with Crippen molar-refractivity contribution in [3.63, 3.8) is 0 Å². The van der Waals surface area contributed by atoms with Crippen LogP contribution in [0.3, 0.4) is 0 Å². The molecular weight excluding hydrogens is 370 g/mol. The summed E-state index contributed by atoms with van der Waals surface area (Å²) in [5, 5.41) is 2.68. The smallest absolute Gasteiger partial charge is 0.265 e. The molecule has 0 saturated carbocycles. The molecule has 6 heteroatoms. The highest BCUT2D eigenvalue weighted by atomic mass is 32.1. The Hall–Kier alpha value is -2.99. The van der Waals surface area contributed by atoms with E-state index in [1.165, 1.54) is 10.5 Å². The van der Waals surface area contributed by atoms with Gasteiger partial charge in [0.2, 0.25) is 0 Å². The van der Waals surface area contributed by atoms with Crippen LogP contribution >= 0.6 is 12.2 Å². The van der Waals surface area contributed by atoms with Crippen LogP contribution in [0.4, 0.5) is 0 Å². The average molecular weight is 394 g/mol. The van der Waals surface area contributed by atoms with Gasteiger partial charge in [0, 0.05) is 23.6 Å². The lowest BCUT2D eigenvalue weighted by atomic mass is 10.1. The SMILES string of the molecule is C=CCN1C(=O)/C(=C/c2cc(C)n(-c3ccc(CC)cc3)c2C)C(=O)NC1=S. The van der Waals surface area contributed by atoms with Gasteiger partial charge in [-0.25, -0.2) is 0 Å². The molecule has 0 aliphatic carbocycles. The lowest BCUT2D eigenvalue weighted by Crippen LogP contribution is -2.53. The van der Waals surface area contributed by atoms with Crippen LogP contribution in [-0.4, -0.2) is 32.9 Å². The summed E-state index contributed by atoms with van der Waals surface area (Å²) in [6.45, 7) is 9.99. The third-order valence-corrected chi connectivity index (χ3v) is 5.19. The molecule has 5 nitrogen and oxygen atoms in total. The second kappa shape index (κ2) is 7.94. The van der Waals surface area contributed by atoms with Crippen molar-refractivity contribution in [3.8, 4) is 5.69 Å². The Morgan fingerprint density at radius 2 is 1.86 bits per heavy atom. The third kappa shape index (κ3) is 3.55. The van der Waals surface area contributed by atoms with Gasteiger partial charge in [-0.3, -0.25) is 19.8 Å². The van der Waals surface area contributed by atoms with Crippen LogP contribution < -0.4 is 5.32 Å². The zero-order chi connectivity index (χ0) is 20.4. The predicted molar refractivity (Wildman–Crippen MR) is 115 cm³/mol. The van der Waals surface area contributed by atoms with Gasteiger partial charge in [0.1, 0.15) is 5.57 Å². The number of carbonyl (C=O) groups excluding carboxylic acids is 2. The van der Waals surface area contributed by atoms with E-state index >= 15 is 0 Å². The van der Waals surface area contributed by atoms with Crippen molar-refractivity contribution in [1.29, 1.82) is 0 Å². The van der Waals surface area contributed by atoms with E-state index in [1.807, 2.05) is 19.9 Å². The molecule has 0 spiro atoms. The van der Waals surface area contributed by atoms with Gasteiger partial charge in [0.15, 0.2) is 5.11 Å². The molecule has 28 heavy (non-hydrogen) atoms. The lowest BCUT2D eigenvalue weighted by molar-refractivity contribution is -0.128. The highest BCUT2D eigenvalue weighted by molar-refractivity contribution is 7.80. The van der Waals surface area contributed by atoms with Crippen molar-refractivity contribution in [1.82, 2.24) is 14.8 Å². The quantitative estimate of drug-likeness (QED) is 0.366. The van der Waals surface area contributed by atoms with E-state index in [9.17, 15) is 9.59 Å². The molecule has 0 bridgehead atoms. The second-order valence-electron chi connectivity index (χ2n) is 6.70. The molecule has 1 aliphatic heterocycles. The van der Waals surface area contributed by atoms with E-state index in [2.05, 4.69) is 47.7 Å². The fourth-order valence-electron chi connectivity index (χ4n) is 3.36. The van der Waals surface area contributed by atoms with Crippen molar-refractivity contribution in [2.24, 2.45) is 0 Å². The Bertz CT molecular complexity index is 1000. The van der Waals surface area contributed by atoms with Gasteiger partial charge in [-0.2, -0.15) is 0 Å². The van der Waals surface area contributed by atoms with Gasteiger partial charge in [-0.05, 0) is 67.9 Å². The number of rotatable bonds is 5. The van der Waals surface area contributed by atoms with E-state index in [4.69, 9.17) is 12.2 Å². The Balaban J connectivity index is 2.02. The highest BCUT2D eigenvalue weighted by Gasteiger charge is 2.32. The fraction of sp³-hybridized carbons (Fsp3) is 0.227. The van der Waals surface area contributed by atoms with E-state index in [0.717, 1.165) is 29.1 Å². The zero-order valence-corrected chi connectivity index (χ0v) is 17.1. The summed E-state index contributed by atoms with van der Waals surface area (Å²) in [4.78, 5) is 26.4. The molecular formula is C22H23N3O2S. The number of hydrogen-bond donors (Lipinski definition) is 1. The van der Waals surface area contributed by atoms with E-state index in [-0.39, 0.29) is 17.2 Å². The number of aromatic nitrogens is 1. The molecule has 2 heterocycles. The number of thiocarbonyl (C=S) groups is 1. The highest BCUT2D eigenvalue weighted by Crippen LogP contribution is 2.24. The molecule has 1 N–H and O–H groups in total. The van der Waals surface area contributed by atoms with Crippen molar-refractivity contribution in [2.45, 2.75) is 27.2 Å². The third-order valence-electron chi connectivity index (χ3n) is 4.87. The molecule has 1 fully saturated rings. The Morgan fingerprint density at radius 3 is 2.46 bits per heavy atom. The molecule has 1 aromatic carbocycles. The number of carbonyl (C=O) groups is 2. The first-order valence-electron chi connectivity index (χ1n) is 9.15. The average Bonchev–Trinajstić information content (AvgIpc) is 2.95. The molecule has 1 saturated heterocycles. The van der Waals surface area contributed by atoms with E-state index < -0.39 is 11.8 Å². The normalized spacial score (nSPS) is 15.9. The zero-order valence-electron chi connectivity index (χ0n) is 16.3. The first kappa shape index (κ1) is 19.8. The monoisotopic (exact) mass is 393 g/mol. The van der Waals surface area contributed by atoms with Gasteiger partial charge >= 0.3 is 0 Å². The molecule has 3 rings (SSSR count). The summed E-state index contributed by atoms with van der Waals surface area (Å²) >= 11 is 5.09.